The van der Waals surface area contributed by atoms with E-state index in [1.807, 2.05) is 33.5 Å². The zero-order valence-corrected chi connectivity index (χ0v) is 15.1. The minimum atomic E-state index is 0.124. The van der Waals surface area contributed by atoms with Crippen molar-refractivity contribution in [1.29, 1.82) is 0 Å². The van der Waals surface area contributed by atoms with Crippen LogP contribution in [-0.2, 0) is 26.6 Å². The summed E-state index contributed by atoms with van der Waals surface area (Å²) in [5, 5.41) is 8.58. The highest BCUT2D eigenvalue weighted by Crippen LogP contribution is 2.24. The number of hydrogen-bond acceptors (Lipinski definition) is 4. The molecule has 3 heterocycles. The third-order valence-electron chi connectivity index (χ3n) is 4.67. The number of carbonyl (C=O) groups is 1. The predicted octanol–water partition coefficient (Wildman–Crippen LogP) is 2.52. The Morgan fingerprint density at radius 2 is 2.26 bits per heavy atom. The zero-order valence-electron chi connectivity index (χ0n) is 14.2. The quantitative estimate of drug-likeness (QED) is 0.864. The van der Waals surface area contributed by atoms with Crippen LogP contribution in [0.1, 0.15) is 41.2 Å². The maximum Gasteiger partial charge on any atom is 0.255 e. The lowest BCUT2D eigenvalue weighted by Gasteiger charge is -2.28. The van der Waals surface area contributed by atoms with Crippen LogP contribution in [0.2, 0.25) is 0 Å². The largest absolute Gasteiger partial charge is 0.332 e. The Hall–Kier alpha value is -1.66. The maximum atomic E-state index is 12.6. The van der Waals surface area contributed by atoms with E-state index >= 15 is 0 Å². The summed E-state index contributed by atoms with van der Waals surface area (Å²) in [6.07, 6.45) is 0.889. The van der Waals surface area contributed by atoms with Crippen molar-refractivity contribution in [2.24, 2.45) is 7.05 Å². The zero-order chi connectivity index (χ0) is 16.6. The smallest absolute Gasteiger partial charge is 0.255 e. The molecule has 6 heteroatoms. The Morgan fingerprint density at radius 1 is 1.48 bits per heavy atom. The van der Waals surface area contributed by atoms with Gasteiger partial charge in [-0.25, -0.2) is 0 Å². The lowest BCUT2D eigenvalue weighted by molar-refractivity contribution is 0.0730. The van der Waals surface area contributed by atoms with Gasteiger partial charge in [-0.1, -0.05) is 0 Å². The van der Waals surface area contributed by atoms with Gasteiger partial charge in [0.25, 0.3) is 5.91 Å². The molecule has 0 atom stereocenters. The summed E-state index contributed by atoms with van der Waals surface area (Å²) in [6, 6.07) is 2.39. The molecule has 0 aromatic carbocycles. The molecule has 0 radical (unpaired) electrons. The van der Waals surface area contributed by atoms with Crippen LogP contribution in [-0.4, -0.2) is 45.1 Å². The van der Waals surface area contributed by atoms with Gasteiger partial charge >= 0.3 is 0 Å². The van der Waals surface area contributed by atoms with E-state index < -0.39 is 0 Å². The third-order valence-corrected chi connectivity index (χ3v) is 5.35. The Morgan fingerprint density at radius 3 is 2.91 bits per heavy atom. The molecule has 1 aliphatic heterocycles. The van der Waals surface area contributed by atoms with E-state index in [9.17, 15) is 4.79 Å². The van der Waals surface area contributed by atoms with Crippen molar-refractivity contribution in [3.05, 3.63) is 39.3 Å². The molecule has 2 aromatic rings. The highest BCUT2D eigenvalue weighted by atomic mass is 32.1. The predicted molar refractivity (Wildman–Crippen MR) is 92.6 cm³/mol. The van der Waals surface area contributed by atoms with Crippen LogP contribution in [0.4, 0.5) is 0 Å². The second-order valence-corrected chi connectivity index (χ2v) is 7.27. The van der Waals surface area contributed by atoms with Crippen LogP contribution < -0.4 is 0 Å². The fourth-order valence-corrected chi connectivity index (χ4v) is 3.57. The molecule has 0 aliphatic carbocycles. The first-order valence-electron chi connectivity index (χ1n) is 8.02. The normalized spacial score (nSPS) is 14.6. The van der Waals surface area contributed by atoms with Gasteiger partial charge in [-0.15, -0.1) is 0 Å². The first kappa shape index (κ1) is 16.2. The number of aryl methyl sites for hydroxylation is 1. The summed E-state index contributed by atoms with van der Waals surface area (Å²) in [6.45, 7) is 6.66. The number of fused-ring (bicyclic) bond motifs is 1. The first-order valence-corrected chi connectivity index (χ1v) is 8.97. The van der Waals surface area contributed by atoms with E-state index in [1.165, 1.54) is 11.3 Å². The van der Waals surface area contributed by atoms with Crippen molar-refractivity contribution in [2.75, 3.05) is 13.6 Å². The Kier molecular flexibility index (Phi) is 4.55. The van der Waals surface area contributed by atoms with Gasteiger partial charge in [0.2, 0.25) is 0 Å². The van der Waals surface area contributed by atoms with Gasteiger partial charge < -0.3 is 4.90 Å². The van der Waals surface area contributed by atoms with Crippen molar-refractivity contribution >= 4 is 17.2 Å². The van der Waals surface area contributed by atoms with Gasteiger partial charge in [0.1, 0.15) is 0 Å². The van der Waals surface area contributed by atoms with E-state index in [-0.39, 0.29) is 5.91 Å². The topological polar surface area (TPSA) is 41.4 Å². The standard InChI is InChI=1S/C17H24N4OS/c1-12(2)19(3)9-15-14-5-7-21(10-16(14)20(4)18-15)17(22)13-6-8-23-11-13/h6,8,11-12H,5,7,9-10H2,1-4H3. The van der Waals surface area contributed by atoms with E-state index in [1.54, 1.807) is 11.3 Å². The Balaban J connectivity index is 1.79. The molecule has 0 unspecified atom stereocenters. The van der Waals surface area contributed by atoms with Gasteiger partial charge in [-0.05, 0) is 38.8 Å². The van der Waals surface area contributed by atoms with Crippen LogP contribution >= 0.6 is 11.3 Å². The van der Waals surface area contributed by atoms with Crippen LogP contribution in [0.3, 0.4) is 0 Å². The summed E-state index contributed by atoms with van der Waals surface area (Å²) in [7, 11) is 4.11. The molecule has 23 heavy (non-hydrogen) atoms. The number of nitrogens with zero attached hydrogens (tertiary/aromatic N) is 4. The molecule has 1 amide bonds. The number of hydrogen-bond donors (Lipinski definition) is 0. The third kappa shape index (κ3) is 3.19. The maximum absolute atomic E-state index is 12.6. The fraction of sp³-hybridized carbons (Fsp3) is 0.529. The molecule has 5 nitrogen and oxygen atoms in total. The van der Waals surface area contributed by atoms with Crippen LogP contribution in [0.15, 0.2) is 16.8 Å². The molecule has 0 saturated heterocycles. The van der Waals surface area contributed by atoms with Crippen molar-refractivity contribution in [3.63, 3.8) is 0 Å². The van der Waals surface area contributed by atoms with Crippen LogP contribution in [0.25, 0.3) is 0 Å². The summed E-state index contributed by atoms with van der Waals surface area (Å²) < 4.78 is 1.95. The molecule has 2 aromatic heterocycles. The summed E-state index contributed by atoms with van der Waals surface area (Å²) >= 11 is 1.56. The number of carbonyl (C=O) groups excluding carboxylic acids is 1. The average Bonchev–Trinajstić information content (AvgIpc) is 3.15. The van der Waals surface area contributed by atoms with Gasteiger partial charge in [0.15, 0.2) is 0 Å². The lowest BCUT2D eigenvalue weighted by Crippen LogP contribution is -2.36. The first-order chi connectivity index (χ1) is 11.0. The van der Waals surface area contributed by atoms with Gasteiger partial charge in [-0.2, -0.15) is 16.4 Å². The van der Waals surface area contributed by atoms with E-state index in [0.29, 0.717) is 12.6 Å². The highest BCUT2D eigenvalue weighted by molar-refractivity contribution is 7.08. The van der Waals surface area contributed by atoms with E-state index in [0.717, 1.165) is 30.8 Å². The Bertz CT molecular complexity index is 690. The van der Waals surface area contributed by atoms with Crippen LogP contribution in [0.5, 0.6) is 0 Å². The number of rotatable bonds is 4. The number of amides is 1. The van der Waals surface area contributed by atoms with Crippen molar-refractivity contribution in [2.45, 2.75) is 39.4 Å². The van der Waals surface area contributed by atoms with Crippen molar-refractivity contribution < 1.29 is 4.79 Å². The van der Waals surface area contributed by atoms with E-state index in [4.69, 9.17) is 5.10 Å². The monoisotopic (exact) mass is 332 g/mol. The Labute approximate surface area is 141 Å². The average molecular weight is 332 g/mol. The van der Waals surface area contributed by atoms with Gasteiger partial charge in [-0.3, -0.25) is 14.4 Å². The summed E-state index contributed by atoms with van der Waals surface area (Å²) in [5.41, 5.74) is 4.45. The molecule has 3 rings (SSSR count). The minimum absolute atomic E-state index is 0.124. The van der Waals surface area contributed by atoms with Crippen LogP contribution in [0, 0.1) is 0 Å². The summed E-state index contributed by atoms with van der Waals surface area (Å²) in [5.74, 6) is 0.124. The van der Waals surface area contributed by atoms with Crippen molar-refractivity contribution in [1.82, 2.24) is 19.6 Å². The number of aromatic nitrogens is 2. The van der Waals surface area contributed by atoms with Crippen molar-refractivity contribution in [3.8, 4) is 0 Å². The summed E-state index contributed by atoms with van der Waals surface area (Å²) in [4.78, 5) is 16.8. The molecule has 0 spiro atoms. The minimum Gasteiger partial charge on any atom is -0.332 e. The number of thiophene rings is 1. The second-order valence-electron chi connectivity index (χ2n) is 6.49. The molecular weight excluding hydrogens is 308 g/mol. The van der Waals surface area contributed by atoms with E-state index in [2.05, 4.69) is 25.8 Å². The molecule has 0 bridgehead atoms. The molecule has 0 saturated carbocycles. The van der Waals surface area contributed by atoms with Gasteiger partial charge in [0.05, 0.1) is 23.5 Å². The highest BCUT2D eigenvalue weighted by Gasteiger charge is 2.27. The van der Waals surface area contributed by atoms with Gasteiger partial charge in [0, 0.05) is 37.1 Å². The molecular formula is C17H24N4OS. The molecule has 124 valence electrons. The molecule has 1 aliphatic rings. The fourth-order valence-electron chi connectivity index (χ4n) is 2.94. The molecule has 0 N–H and O–H groups in total. The molecule has 0 fully saturated rings. The second kappa shape index (κ2) is 6.45. The lowest BCUT2D eigenvalue weighted by atomic mass is 10.0. The SMILES string of the molecule is CC(C)N(C)Cc1nn(C)c2c1CCN(C(=O)c1ccsc1)C2.